The Hall–Kier alpha value is -3.33. The second kappa shape index (κ2) is 10.2. The molecule has 200 valence electrons. The Balaban J connectivity index is 1.58. The number of aliphatic hydroxyl groups is 2. The summed E-state index contributed by atoms with van der Waals surface area (Å²) in [5.41, 5.74) is 4.30. The van der Waals surface area contributed by atoms with Crippen molar-refractivity contribution in [2.24, 2.45) is 0 Å². The summed E-state index contributed by atoms with van der Waals surface area (Å²) < 4.78 is 36.8. The zero-order valence-electron chi connectivity index (χ0n) is 20.1. The quantitative estimate of drug-likeness (QED) is 0.225. The van der Waals surface area contributed by atoms with Crippen molar-refractivity contribution in [1.29, 1.82) is 0 Å². The Morgan fingerprint density at radius 2 is 2.05 bits per heavy atom. The average Bonchev–Trinajstić information content (AvgIpc) is 3.35. The highest BCUT2D eigenvalue weighted by molar-refractivity contribution is 7.52. The van der Waals surface area contributed by atoms with Gasteiger partial charge in [0.1, 0.15) is 29.6 Å². The first kappa shape index (κ1) is 26.7. The van der Waals surface area contributed by atoms with Gasteiger partial charge in [-0.25, -0.2) is 9.55 Å². The van der Waals surface area contributed by atoms with Crippen molar-refractivity contribution in [3.05, 3.63) is 36.7 Å². The van der Waals surface area contributed by atoms with Crippen LogP contribution in [0.25, 0.3) is 11.2 Å². The van der Waals surface area contributed by atoms with Gasteiger partial charge in [0, 0.05) is 0 Å². The summed E-state index contributed by atoms with van der Waals surface area (Å²) in [7, 11) is -2.90. The topological polar surface area (TPSA) is 213 Å². The number of methoxy groups -OCH3 is 1. The van der Waals surface area contributed by atoms with E-state index in [1.54, 1.807) is 18.2 Å². The lowest BCUT2D eigenvalue weighted by Crippen LogP contribution is -2.44. The van der Waals surface area contributed by atoms with E-state index < -0.39 is 50.4 Å². The fourth-order valence-corrected chi connectivity index (χ4v) is 5.28. The molecule has 0 bridgehead atoms. The lowest BCUT2D eigenvalue weighted by atomic mass is 9.96. The van der Waals surface area contributed by atoms with Gasteiger partial charge in [0.05, 0.1) is 20.0 Å². The third kappa shape index (κ3) is 5.37. The van der Waals surface area contributed by atoms with E-state index in [1.165, 1.54) is 44.0 Å². The highest BCUT2D eigenvalue weighted by Gasteiger charge is 2.54. The number of para-hydroxylation sites is 1. The van der Waals surface area contributed by atoms with E-state index >= 15 is 0 Å². The summed E-state index contributed by atoms with van der Waals surface area (Å²) in [4.78, 5) is 23.6. The van der Waals surface area contributed by atoms with Crippen LogP contribution >= 0.6 is 7.75 Å². The number of aliphatic hydroxyl groups excluding tert-OH is 1. The number of nitrogens with two attached hydrogens (primary N) is 1. The molecule has 1 aromatic carbocycles. The molecule has 3 unspecified atom stereocenters. The second-order valence-electron chi connectivity index (χ2n) is 8.50. The van der Waals surface area contributed by atoms with Crippen molar-refractivity contribution in [3.8, 4) is 11.6 Å². The van der Waals surface area contributed by atoms with Crippen molar-refractivity contribution in [3.63, 3.8) is 0 Å². The molecule has 0 amide bonds. The Bertz CT molecular complexity index is 1320. The number of fused-ring (bicyclic) bond motifs is 1. The van der Waals surface area contributed by atoms with Crippen LogP contribution in [0, 0.1) is 0 Å². The molecule has 3 heterocycles. The van der Waals surface area contributed by atoms with E-state index in [1.807, 2.05) is 0 Å². The summed E-state index contributed by atoms with van der Waals surface area (Å²) in [5.74, 6) is -1.13. The molecule has 0 saturated carbocycles. The monoisotopic (exact) mass is 538 g/mol. The first-order chi connectivity index (χ1) is 17.4. The normalized spacial score (nSPS) is 26.0. The molecular weight excluding hydrogens is 511 g/mol. The van der Waals surface area contributed by atoms with E-state index in [-0.39, 0.29) is 28.7 Å². The minimum absolute atomic E-state index is 0.108. The van der Waals surface area contributed by atoms with Crippen LogP contribution in [0.4, 0.5) is 5.95 Å². The molecule has 4 rings (SSSR count). The molecule has 2 aromatic heterocycles. The van der Waals surface area contributed by atoms with E-state index in [4.69, 9.17) is 24.3 Å². The number of aromatic nitrogens is 4. The molecule has 1 saturated heterocycles. The number of carbonyl (C=O) groups is 1. The molecule has 1 aliphatic rings. The van der Waals surface area contributed by atoms with Crippen molar-refractivity contribution in [2.45, 2.75) is 43.9 Å². The number of carboxylic acids is 1. The number of aliphatic carboxylic acids is 1. The molecule has 6 atom stereocenters. The van der Waals surface area contributed by atoms with Crippen LogP contribution in [-0.4, -0.2) is 78.4 Å². The number of imidazole rings is 1. The smallest absolute Gasteiger partial charge is 0.459 e. The van der Waals surface area contributed by atoms with Crippen LogP contribution in [-0.2, 0) is 18.6 Å². The molecule has 6 N–H and O–H groups in total. The molecular formula is C21H27N6O9P. The van der Waals surface area contributed by atoms with Crippen LogP contribution < -0.4 is 20.1 Å². The van der Waals surface area contributed by atoms with Crippen LogP contribution in [0.3, 0.4) is 0 Å². The maximum absolute atomic E-state index is 13.4. The van der Waals surface area contributed by atoms with Gasteiger partial charge in [-0.05, 0) is 26.0 Å². The summed E-state index contributed by atoms with van der Waals surface area (Å²) in [6.45, 7) is 2.06. The molecule has 1 fully saturated rings. The maximum atomic E-state index is 13.4. The van der Waals surface area contributed by atoms with Gasteiger partial charge in [0.25, 0.3) is 0 Å². The number of carboxylic acid groups (broad SMARTS) is 1. The van der Waals surface area contributed by atoms with Crippen molar-refractivity contribution in [2.75, 3.05) is 19.5 Å². The summed E-state index contributed by atoms with van der Waals surface area (Å²) in [6, 6.07) is 6.70. The Kier molecular flexibility index (Phi) is 7.37. The average molecular weight is 538 g/mol. The SMILES string of the molecule is COc1nc(N)nc2c1ncn2C1O[C@H](COP(=O)(NC(C)C(=O)O)Oc2ccccc2)[C@@H](O)[C@@]1(C)O. The second-order valence-corrected chi connectivity index (χ2v) is 10.2. The predicted octanol–water partition coefficient (Wildman–Crippen LogP) is 0.693. The third-order valence-corrected chi connectivity index (χ3v) is 7.35. The van der Waals surface area contributed by atoms with Crippen LogP contribution in [0.1, 0.15) is 20.1 Å². The first-order valence-electron chi connectivity index (χ1n) is 11.0. The molecule has 3 aromatic rings. The number of anilines is 1. The van der Waals surface area contributed by atoms with Gasteiger partial charge in [-0.2, -0.15) is 15.1 Å². The number of hydrogen-bond donors (Lipinski definition) is 5. The van der Waals surface area contributed by atoms with Gasteiger partial charge in [-0.1, -0.05) is 18.2 Å². The van der Waals surface area contributed by atoms with E-state index in [0.717, 1.165) is 0 Å². The number of benzene rings is 1. The first-order valence-corrected chi connectivity index (χ1v) is 12.6. The van der Waals surface area contributed by atoms with Crippen molar-refractivity contribution >= 4 is 30.8 Å². The largest absolute Gasteiger partial charge is 0.480 e. The van der Waals surface area contributed by atoms with Crippen LogP contribution in [0.2, 0.25) is 0 Å². The van der Waals surface area contributed by atoms with Gasteiger partial charge in [-0.15, -0.1) is 0 Å². The molecule has 0 aliphatic carbocycles. The number of hydrogen-bond acceptors (Lipinski definition) is 12. The Labute approximate surface area is 210 Å². The highest BCUT2D eigenvalue weighted by atomic mass is 31.2. The summed E-state index contributed by atoms with van der Waals surface area (Å²) in [6.07, 6.45) is -2.65. The molecule has 0 radical (unpaired) electrons. The zero-order valence-corrected chi connectivity index (χ0v) is 21.0. The molecule has 0 spiro atoms. The fraction of sp³-hybridized carbons (Fsp3) is 0.429. The van der Waals surface area contributed by atoms with Crippen LogP contribution in [0.15, 0.2) is 36.7 Å². The number of nitrogens with one attached hydrogen (secondary N) is 1. The molecule has 37 heavy (non-hydrogen) atoms. The zero-order chi connectivity index (χ0) is 27.0. The number of nitrogens with zero attached hydrogens (tertiary/aromatic N) is 4. The Morgan fingerprint density at radius 1 is 1.35 bits per heavy atom. The minimum atomic E-state index is -4.28. The fourth-order valence-electron chi connectivity index (χ4n) is 3.77. The standard InChI is InChI=1S/C21H27N6O9P/c1-11(18(29)30)26-37(32,36-12-7-5-4-6-8-12)34-9-13-15(28)21(2,31)19(35-13)27-10-23-14-16(27)24-20(22)25-17(14)33-3/h4-8,10-11,13,15,19,28,31H,9H2,1-3H3,(H,26,32)(H,29,30)(H2,22,24,25)/t11?,13-,15-,19?,21-,37?/m1/s1. The van der Waals surface area contributed by atoms with E-state index in [9.17, 15) is 24.7 Å². The maximum Gasteiger partial charge on any atom is 0.459 e. The highest BCUT2D eigenvalue weighted by Crippen LogP contribution is 2.47. The van der Waals surface area contributed by atoms with E-state index in [0.29, 0.717) is 0 Å². The summed E-state index contributed by atoms with van der Waals surface area (Å²) >= 11 is 0. The minimum Gasteiger partial charge on any atom is -0.480 e. The predicted molar refractivity (Wildman–Crippen MR) is 128 cm³/mol. The van der Waals surface area contributed by atoms with Crippen molar-refractivity contribution < 1.29 is 43.2 Å². The van der Waals surface area contributed by atoms with Gasteiger partial charge in [-0.3, -0.25) is 13.9 Å². The van der Waals surface area contributed by atoms with Crippen molar-refractivity contribution in [1.82, 2.24) is 24.6 Å². The number of nitrogen functional groups attached to an aromatic ring is 1. The van der Waals surface area contributed by atoms with Crippen LogP contribution in [0.5, 0.6) is 11.6 Å². The van der Waals surface area contributed by atoms with E-state index in [2.05, 4.69) is 20.0 Å². The number of ether oxygens (including phenoxy) is 2. The lowest BCUT2D eigenvalue weighted by molar-refractivity contribution is -0.138. The van der Waals surface area contributed by atoms with Gasteiger partial charge in [0.15, 0.2) is 17.4 Å². The van der Waals surface area contributed by atoms with Gasteiger partial charge >= 0.3 is 13.7 Å². The molecule has 1 aliphatic heterocycles. The molecule has 16 heteroatoms. The van der Waals surface area contributed by atoms with Gasteiger partial charge < -0.3 is 35.1 Å². The number of rotatable bonds is 10. The lowest BCUT2D eigenvalue weighted by Gasteiger charge is -2.27. The summed E-state index contributed by atoms with van der Waals surface area (Å²) in [5, 5.41) is 33.6. The molecule has 15 nitrogen and oxygen atoms in total. The van der Waals surface area contributed by atoms with Gasteiger partial charge in [0.2, 0.25) is 11.8 Å². The Morgan fingerprint density at radius 3 is 2.70 bits per heavy atom. The third-order valence-electron chi connectivity index (χ3n) is 5.71.